The quantitative estimate of drug-likeness (QED) is 0.143. The predicted molar refractivity (Wildman–Crippen MR) is 270 cm³/mol. The fourth-order valence-electron chi connectivity index (χ4n) is 10.6. The van der Waals surface area contributed by atoms with Gasteiger partial charge in [-0.1, -0.05) is 30.3 Å². The van der Waals surface area contributed by atoms with Gasteiger partial charge in [-0.2, -0.15) is 15.5 Å². The molecule has 4 aliphatic rings. The Kier molecular flexibility index (Phi) is 14.6. The number of hydrogen-bond acceptors (Lipinski definition) is 14. The SMILES string of the molecule is Cc1nn(C2CCC(=O)NC2=O)c(=O)c2cc(F)c(N3CCN(CC4CCN(CCN5CCC(COc6cnc(-c7cccc(Cn8nc(-c9cccc(C#N)c9)ccc8=O)c7)nc6)CC5)CC4)CC3)cc12. The highest BCUT2D eigenvalue weighted by atomic mass is 19.1. The van der Waals surface area contributed by atoms with E-state index in [9.17, 15) is 24.4 Å². The summed E-state index contributed by atoms with van der Waals surface area (Å²) < 4.78 is 24.4. The summed E-state index contributed by atoms with van der Waals surface area (Å²) in [6, 6.07) is 22.3. The first-order valence-electron chi connectivity index (χ1n) is 25.1. The summed E-state index contributed by atoms with van der Waals surface area (Å²) in [5, 5.41) is 21.3. The van der Waals surface area contributed by atoms with Crippen molar-refractivity contribution in [1.29, 1.82) is 5.26 Å². The lowest BCUT2D eigenvalue weighted by atomic mass is 9.95. The molecule has 4 fully saturated rings. The van der Waals surface area contributed by atoms with Crippen LogP contribution >= 0.6 is 0 Å². The summed E-state index contributed by atoms with van der Waals surface area (Å²) in [5.41, 5.74) is 3.86. The lowest BCUT2D eigenvalue weighted by Crippen LogP contribution is -2.49. The van der Waals surface area contributed by atoms with Crippen LogP contribution in [0.15, 0.2) is 94.8 Å². The molecule has 3 aromatic heterocycles. The van der Waals surface area contributed by atoms with Gasteiger partial charge < -0.3 is 19.4 Å². The van der Waals surface area contributed by atoms with Crippen LogP contribution in [0.1, 0.15) is 61.4 Å². The lowest BCUT2D eigenvalue weighted by Gasteiger charge is -2.40. The number of fused-ring (bicyclic) bond motifs is 1. The zero-order chi connectivity index (χ0) is 49.7. The van der Waals surface area contributed by atoms with Gasteiger partial charge >= 0.3 is 0 Å². The number of nitrogens with zero attached hydrogens (tertiary/aromatic N) is 11. The van der Waals surface area contributed by atoms with Gasteiger partial charge in [-0.25, -0.2) is 23.7 Å². The fourth-order valence-corrected chi connectivity index (χ4v) is 10.6. The maximum atomic E-state index is 15.7. The van der Waals surface area contributed by atoms with E-state index in [4.69, 9.17) is 4.74 Å². The van der Waals surface area contributed by atoms with E-state index < -0.39 is 23.3 Å². The number of amides is 2. The van der Waals surface area contributed by atoms with E-state index >= 15 is 4.39 Å². The topological polar surface area (TPSA) is 188 Å². The number of carbonyl (C=O) groups is 2. The molecule has 4 aliphatic heterocycles. The van der Waals surface area contributed by atoms with Crippen molar-refractivity contribution in [3.8, 4) is 34.5 Å². The molecular weight excluding hydrogens is 916 g/mol. The van der Waals surface area contributed by atoms with Crippen molar-refractivity contribution >= 4 is 28.3 Å². The minimum absolute atomic E-state index is 0.117. The molecule has 0 radical (unpaired) electrons. The molecule has 18 heteroatoms. The number of aryl methyl sites for hydroxylation is 1. The highest BCUT2D eigenvalue weighted by molar-refractivity contribution is 5.99. The highest BCUT2D eigenvalue weighted by Gasteiger charge is 2.32. The van der Waals surface area contributed by atoms with Gasteiger partial charge in [-0.3, -0.25) is 29.4 Å². The van der Waals surface area contributed by atoms with E-state index in [1.54, 1.807) is 49.6 Å². The predicted octanol–water partition coefficient (Wildman–Crippen LogP) is 5.05. The van der Waals surface area contributed by atoms with Crippen LogP contribution < -0.4 is 26.1 Å². The minimum atomic E-state index is -0.903. The number of likely N-dealkylation sites (tertiary alicyclic amines) is 2. The zero-order valence-corrected chi connectivity index (χ0v) is 40.6. The van der Waals surface area contributed by atoms with Crippen LogP contribution in [0, 0.1) is 35.9 Å². The molecule has 0 saturated carbocycles. The van der Waals surface area contributed by atoms with Crippen LogP contribution in [0.2, 0.25) is 0 Å². The summed E-state index contributed by atoms with van der Waals surface area (Å²) in [6.45, 7) is 13.3. The standard InChI is InChI=1S/C54H59FN12O5/c1-36-44-29-49(46(55)28-45(44)54(71)67(60-36)48-9-10-50(68)59-53(48)70)65-24-22-64(23-25-65)33-37-12-16-62(17-13-37)20-21-63-18-14-38(15-19-63)35-72-43-31-57-52(58-32-43)42-7-3-5-40(27-42)34-66-51(69)11-8-47(61-66)41-6-2-4-39(26-41)30-56/h2-8,11,26-29,31-32,37-38,48H,9-10,12-25,33-35H2,1H3,(H,59,68,70). The molecule has 10 rings (SSSR count). The lowest BCUT2D eigenvalue weighted by molar-refractivity contribution is -0.136. The number of carbonyl (C=O) groups excluding carboxylic acids is 2. The summed E-state index contributed by atoms with van der Waals surface area (Å²) >= 11 is 0. The van der Waals surface area contributed by atoms with Gasteiger partial charge in [0, 0.05) is 74.8 Å². The first-order chi connectivity index (χ1) is 35.0. The number of aromatic nitrogens is 6. The number of nitrogens with one attached hydrogen (secondary N) is 1. The molecule has 17 nitrogen and oxygen atoms in total. The third-order valence-electron chi connectivity index (χ3n) is 14.8. The van der Waals surface area contributed by atoms with Crippen LogP contribution in [0.3, 0.4) is 0 Å². The van der Waals surface area contributed by atoms with Crippen molar-refractivity contribution in [1.82, 2.24) is 49.5 Å². The van der Waals surface area contributed by atoms with Crippen LogP contribution in [0.25, 0.3) is 33.4 Å². The second-order valence-corrected chi connectivity index (χ2v) is 19.7. The molecule has 0 spiro atoms. The van der Waals surface area contributed by atoms with Crippen molar-refractivity contribution in [3.05, 3.63) is 129 Å². The number of halogens is 1. The Hall–Kier alpha value is -7.20. The van der Waals surface area contributed by atoms with E-state index in [2.05, 4.69) is 51.2 Å². The Morgan fingerprint density at radius 3 is 2.18 bits per heavy atom. The molecule has 1 atom stereocenters. The van der Waals surface area contributed by atoms with Crippen molar-refractivity contribution in [2.24, 2.45) is 11.8 Å². The molecule has 372 valence electrons. The van der Waals surface area contributed by atoms with Crippen molar-refractivity contribution in [2.45, 2.75) is 58.0 Å². The Labute approximate surface area is 416 Å². The van der Waals surface area contributed by atoms with Crippen molar-refractivity contribution in [3.63, 3.8) is 0 Å². The number of imide groups is 1. The van der Waals surface area contributed by atoms with Crippen LogP contribution in [0.5, 0.6) is 5.75 Å². The molecule has 2 amide bonds. The number of anilines is 1. The van der Waals surface area contributed by atoms with Gasteiger partial charge in [-0.15, -0.1) is 0 Å². The van der Waals surface area contributed by atoms with E-state index in [0.29, 0.717) is 71.1 Å². The second-order valence-electron chi connectivity index (χ2n) is 19.7. The molecule has 1 unspecified atom stereocenters. The molecular formula is C54H59FN12O5. The first-order valence-corrected chi connectivity index (χ1v) is 25.1. The number of hydrogen-bond donors (Lipinski definition) is 1. The highest BCUT2D eigenvalue weighted by Crippen LogP contribution is 2.29. The number of ether oxygens (including phenoxy) is 1. The number of piperidine rings is 3. The Morgan fingerprint density at radius 2 is 1.46 bits per heavy atom. The summed E-state index contributed by atoms with van der Waals surface area (Å²) in [5.74, 6) is 0.920. The monoisotopic (exact) mass is 974 g/mol. The van der Waals surface area contributed by atoms with Crippen molar-refractivity contribution < 1.29 is 18.7 Å². The zero-order valence-electron chi connectivity index (χ0n) is 40.6. The van der Waals surface area contributed by atoms with E-state index in [1.165, 1.54) is 29.7 Å². The molecule has 0 aliphatic carbocycles. The Balaban J connectivity index is 0.622. The summed E-state index contributed by atoms with van der Waals surface area (Å²) in [6.07, 6.45) is 8.28. The van der Waals surface area contributed by atoms with Gasteiger partial charge in [0.05, 0.1) is 59.6 Å². The first kappa shape index (κ1) is 48.4. The van der Waals surface area contributed by atoms with Gasteiger partial charge in [0.25, 0.3) is 17.0 Å². The Morgan fingerprint density at radius 1 is 0.750 bits per heavy atom. The average molecular weight is 975 g/mol. The van der Waals surface area contributed by atoms with Gasteiger partial charge in [-0.05, 0) is 119 Å². The average Bonchev–Trinajstić information content (AvgIpc) is 3.40. The molecule has 1 N–H and O–H groups in total. The third-order valence-corrected chi connectivity index (χ3v) is 14.8. The number of nitriles is 1. The van der Waals surface area contributed by atoms with Gasteiger partial charge in [0.15, 0.2) is 11.6 Å². The van der Waals surface area contributed by atoms with E-state index in [1.807, 2.05) is 30.3 Å². The summed E-state index contributed by atoms with van der Waals surface area (Å²) in [4.78, 5) is 69.3. The van der Waals surface area contributed by atoms with Crippen LogP contribution in [-0.4, -0.2) is 135 Å². The maximum absolute atomic E-state index is 15.7. The van der Waals surface area contributed by atoms with Crippen LogP contribution in [-0.2, 0) is 16.1 Å². The minimum Gasteiger partial charge on any atom is -0.490 e. The maximum Gasteiger partial charge on any atom is 0.275 e. The third kappa shape index (κ3) is 11.1. The molecule has 4 saturated heterocycles. The van der Waals surface area contributed by atoms with Gasteiger partial charge in [0.2, 0.25) is 5.91 Å². The normalized spacial score (nSPS) is 18.8. The van der Waals surface area contributed by atoms with Crippen LogP contribution in [0.4, 0.5) is 10.1 Å². The van der Waals surface area contributed by atoms with E-state index in [0.717, 1.165) is 93.1 Å². The fraction of sp³-hybridized carbons (Fsp3) is 0.426. The molecule has 6 aromatic rings. The number of benzene rings is 3. The van der Waals surface area contributed by atoms with Crippen molar-refractivity contribution in [2.75, 3.05) is 83.5 Å². The van der Waals surface area contributed by atoms with Gasteiger partial charge in [0.1, 0.15) is 11.9 Å². The molecule has 3 aromatic carbocycles. The largest absolute Gasteiger partial charge is 0.490 e. The molecule has 0 bridgehead atoms. The number of rotatable bonds is 14. The number of piperazine rings is 1. The summed E-state index contributed by atoms with van der Waals surface area (Å²) in [7, 11) is 0. The van der Waals surface area contributed by atoms with E-state index in [-0.39, 0.29) is 36.2 Å². The Bertz CT molecular complexity index is 3110. The molecule has 72 heavy (non-hydrogen) atoms. The second kappa shape index (κ2) is 21.7. The molecule has 7 heterocycles. The smallest absolute Gasteiger partial charge is 0.275 e.